The van der Waals surface area contributed by atoms with Gasteiger partial charge in [-0.2, -0.15) is 0 Å². The molecule has 0 aromatic carbocycles. The van der Waals surface area contributed by atoms with Gasteiger partial charge in [0.1, 0.15) is 16.5 Å². The molecular weight excluding hydrogens is 270 g/mol. The van der Waals surface area contributed by atoms with E-state index in [4.69, 9.17) is 9.40 Å². The average molecular weight is 291 g/mol. The summed E-state index contributed by atoms with van der Waals surface area (Å²) in [5.74, 6) is 1.81. The lowest BCUT2D eigenvalue weighted by atomic mass is 10.2. The predicted molar refractivity (Wildman–Crippen MR) is 82.0 cm³/mol. The Kier molecular flexibility index (Phi) is 4.19. The van der Waals surface area contributed by atoms with Crippen molar-refractivity contribution in [1.82, 2.24) is 15.2 Å². The molecule has 5 heteroatoms. The van der Waals surface area contributed by atoms with Gasteiger partial charge < -0.3 is 9.73 Å². The molecule has 2 aromatic heterocycles. The monoisotopic (exact) mass is 291 g/mol. The number of rotatable bonds is 4. The summed E-state index contributed by atoms with van der Waals surface area (Å²) in [4.78, 5) is 7.34. The molecular formula is C15H21N3OS. The van der Waals surface area contributed by atoms with Gasteiger partial charge in [0.15, 0.2) is 5.76 Å². The fourth-order valence-electron chi connectivity index (χ4n) is 2.71. The van der Waals surface area contributed by atoms with E-state index in [0.717, 1.165) is 49.8 Å². The van der Waals surface area contributed by atoms with Gasteiger partial charge in [-0.25, -0.2) is 4.98 Å². The van der Waals surface area contributed by atoms with E-state index in [1.807, 2.05) is 19.1 Å². The van der Waals surface area contributed by atoms with Crippen LogP contribution in [0, 0.1) is 6.92 Å². The number of nitrogens with one attached hydrogen (secondary N) is 1. The Morgan fingerprint density at radius 2 is 2.20 bits per heavy atom. The van der Waals surface area contributed by atoms with Gasteiger partial charge in [-0.05, 0) is 25.5 Å². The number of hydrogen-bond donors (Lipinski definition) is 1. The van der Waals surface area contributed by atoms with E-state index in [2.05, 4.69) is 22.5 Å². The highest BCUT2D eigenvalue weighted by atomic mass is 32.1. The summed E-state index contributed by atoms with van der Waals surface area (Å²) in [6, 6.07) is 4.42. The number of thiazole rings is 1. The largest absolute Gasteiger partial charge is 0.460 e. The lowest BCUT2D eigenvalue weighted by Gasteiger charge is -2.33. The van der Waals surface area contributed by atoms with Gasteiger partial charge in [0.05, 0.1) is 6.04 Å². The van der Waals surface area contributed by atoms with Crippen molar-refractivity contribution in [2.45, 2.75) is 26.3 Å². The SMILES string of the molecule is CCC(c1nc(-c2ccc(C)o2)cs1)N1CCNCC1. The van der Waals surface area contributed by atoms with Gasteiger partial charge in [0, 0.05) is 31.6 Å². The van der Waals surface area contributed by atoms with Crippen molar-refractivity contribution >= 4 is 11.3 Å². The van der Waals surface area contributed by atoms with Crippen molar-refractivity contribution in [3.8, 4) is 11.5 Å². The Hall–Kier alpha value is -1.17. The molecule has 1 fully saturated rings. The number of nitrogens with zero attached hydrogens (tertiary/aromatic N) is 2. The lowest BCUT2D eigenvalue weighted by molar-refractivity contribution is 0.169. The van der Waals surface area contributed by atoms with Gasteiger partial charge in [-0.1, -0.05) is 6.92 Å². The van der Waals surface area contributed by atoms with E-state index in [9.17, 15) is 0 Å². The average Bonchev–Trinajstić information content (AvgIpc) is 3.10. The Balaban J connectivity index is 1.80. The molecule has 0 radical (unpaired) electrons. The minimum atomic E-state index is 0.437. The molecule has 0 saturated carbocycles. The van der Waals surface area contributed by atoms with Gasteiger partial charge in [0.2, 0.25) is 0 Å². The quantitative estimate of drug-likeness (QED) is 0.940. The van der Waals surface area contributed by atoms with Gasteiger partial charge >= 0.3 is 0 Å². The van der Waals surface area contributed by atoms with Crippen molar-refractivity contribution in [2.24, 2.45) is 0 Å². The number of aryl methyl sites for hydroxylation is 1. The van der Waals surface area contributed by atoms with E-state index < -0.39 is 0 Å². The molecule has 0 bridgehead atoms. The third-order valence-corrected chi connectivity index (χ3v) is 4.72. The molecule has 3 heterocycles. The van der Waals surface area contributed by atoms with Crippen LogP contribution >= 0.6 is 11.3 Å². The number of hydrogen-bond acceptors (Lipinski definition) is 5. The third kappa shape index (κ3) is 2.80. The molecule has 1 N–H and O–H groups in total. The fourth-order valence-corrected chi connectivity index (χ4v) is 3.73. The normalized spacial score (nSPS) is 18.3. The molecule has 0 aliphatic carbocycles. The summed E-state index contributed by atoms with van der Waals surface area (Å²) in [7, 11) is 0. The molecule has 0 amide bonds. The van der Waals surface area contributed by atoms with Crippen LogP contribution in [-0.4, -0.2) is 36.1 Å². The summed E-state index contributed by atoms with van der Waals surface area (Å²) in [5, 5.41) is 6.72. The van der Waals surface area contributed by atoms with E-state index in [1.54, 1.807) is 11.3 Å². The summed E-state index contributed by atoms with van der Waals surface area (Å²) < 4.78 is 5.66. The zero-order valence-corrected chi connectivity index (χ0v) is 12.9. The minimum absolute atomic E-state index is 0.437. The standard InChI is InChI=1S/C15H21N3OS/c1-3-13(18-8-6-16-7-9-18)15-17-12(10-20-15)14-5-4-11(2)19-14/h4-5,10,13,16H,3,6-9H2,1-2H3. The molecule has 20 heavy (non-hydrogen) atoms. The second-order valence-corrected chi connectivity index (χ2v) is 6.08. The molecule has 1 unspecified atom stereocenters. The highest BCUT2D eigenvalue weighted by molar-refractivity contribution is 7.10. The molecule has 4 nitrogen and oxygen atoms in total. The topological polar surface area (TPSA) is 41.3 Å². The van der Waals surface area contributed by atoms with E-state index in [1.165, 1.54) is 5.01 Å². The summed E-state index contributed by atoms with van der Waals surface area (Å²) >= 11 is 1.75. The summed E-state index contributed by atoms with van der Waals surface area (Å²) in [6.07, 6.45) is 1.10. The second kappa shape index (κ2) is 6.08. The van der Waals surface area contributed by atoms with E-state index in [0.29, 0.717) is 6.04 Å². The predicted octanol–water partition coefficient (Wildman–Crippen LogP) is 3.07. The van der Waals surface area contributed by atoms with Crippen LogP contribution in [0.4, 0.5) is 0 Å². The first-order chi connectivity index (χ1) is 9.78. The van der Waals surface area contributed by atoms with Crippen molar-refractivity contribution in [2.75, 3.05) is 26.2 Å². The number of furan rings is 1. The van der Waals surface area contributed by atoms with Crippen LogP contribution < -0.4 is 5.32 Å². The first-order valence-corrected chi connectivity index (χ1v) is 8.13. The van der Waals surface area contributed by atoms with Crippen LogP contribution in [0.1, 0.15) is 30.2 Å². The Bertz CT molecular complexity index is 557. The summed E-state index contributed by atoms with van der Waals surface area (Å²) in [6.45, 7) is 8.57. The number of piperazine rings is 1. The van der Waals surface area contributed by atoms with Crippen LogP contribution in [0.15, 0.2) is 21.9 Å². The maximum atomic E-state index is 5.66. The minimum Gasteiger partial charge on any atom is -0.460 e. The second-order valence-electron chi connectivity index (χ2n) is 5.19. The molecule has 1 aliphatic heterocycles. The van der Waals surface area contributed by atoms with Crippen molar-refractivity contribution < 1.29 is 4.42 Å². The van der Waals surface area contributed by atoms with Crippen LogP contribution in [0.2, 0.25) is 0 Å². The van der Waals surface area contributed by atoms with Crippen LogP contribution in [0.3, 0.4) is 0 Å². The van der Waals surface area contributed by atoms with E-state index in [-0.39, 0.29) is 0 Å². The van der Waals surface area contributed by atoms with Crippen LogP contribution in [0.25, 0.3) is 11.5 Å². The molecule has 1 atom stereocenters. The highest BCUT2D eigenvalue weighted by Crippen LogP contribution is 2.31. The Labute approximate surface area is 123 Å². The zero-order valence-electron chi connectivity index (χ0n) is 12.1. The molecule has 0 spiro atoms. The van der Waals surface area contributed by atoms with Crippen molar-refractivity contribution in [1.29, 1.82) is 0 Å². The molecule has 3 rings (SSSR count). The molecule has 2 aromatic rings. The third-order valence-electron chi connectivity index (χ3n) is 3.78. The smallest absolute Gasteiger partial charge is 0.153 e. The van der Waals surface area contributed by atoms with Crippen LogP contribution in [-0.2, 0) is 0 Å². The summed E-state index contributed by atoms with van der Waals surface area (Å²) in [5.41, 5.74) is 0.965. The van der Waals surface area contributed by atoms with E-state index >= 15 is 0 Å². The van der Waals surface area contributed by atoms with Gasteiger partial charge in [-0.3, -0.25) is 4.90 Å². The first kappa shape index (κ1) is 13.8. The fraction of sp³-hybridized carbons (Fsp3) is 0.533. The van der Waals surface area contributed by atoms with Crippen molar-refractivity contribution in [3.63, 3.8) is 0 Å². The highest BCUT2D eigenvalue weighted by Gasteiger charge is 2.23. The van der Waals surface area contributed by atoms with Crippen molar-refractivity contribution in [3.05, 3.63) is 28.3 Å². The first-order valence-electron chi connectivity index (χ1n) is 7.25. The molecule has 1 aliphatic rings. The van der Waals surface area contributed by atoms with Gasteiger partial charge in [0.25, 0.3) is 0 Å². The Morgan fingerprint density at radius 1 is 1.40 bits per heavy atom. The number of aromatic nitrogens is 1. The Morgan fingerprint density at radius 3 is 2.85 bits per heavy atom. The zero-order chi connectivity index (χ0) is 13.9. The lowest BCUT2D eigenvalue weighted by Crippen LogP contribution is -2.45. The molecule has 1 saturated heterocycles. The van der Waals surface area contributed by atoms with Gasteiger partial charge in [-0.15, -0.1) is 11.3 Å². The molecule has 108 valence electrons. The maximum absolute atomic E-state index is 5.66. The van der Waals surface area contributed by atoms with Crippen LogP contribution in [0.5, 0.6) is 0 Å². The maximum Gasteiger partial charge on any atom is 0.153 e.